The Balaban J connectivity index is 2.39. The van der Waals surface area contributed by atoms with E-state index in [2.05, 4.69) is 10.0 Å². The van der Waals surface area contributed by atoms with Crippen LogP contribution in [0.5, 0.6) is 0 Å². The second-order valence-electron chi connectivity index (χ2n) is 5.22. The number of hydrogen-bond donors (Lipinski definition) is 2. The van der Waals surface area contributed by atoms with Crippen molar-refractivity contribution in [1.29, 1.82) is 0 Å². The quantitative estimate of drug-likeness (QED) is 0.779. The van der Waals surface area contributed by atoms with E-state index >= 15 is 0 Å². The molecule has 6 nitrogen and oxygen atoms in total. The highest BCUT2D eigenvalue weighted by atomic mass is 32.2. The monoisotopic (exact) mass is 312 g/mol. The molecular weight excluding hydrogens is 292 g/mol. The van der Waals surface area contributed by atoms with E-state index in [1.165, 1.54) is 6.92 Å². The Hall–Kier alpha value is -1.73. The third-order valence-electron chi connectivity index (χ3n) is 2.40. The van der Waals surface area contributed by atoms with Crippen molar-refractivity contribution in [2.24, 2.45) is 0 Å². The number of nitrogens with one attached hydrogen (secondary N) is 2. The molecule has 0 heterocycles. The summed E-state index contributed by atoms with van der Waals surface area (Å²) in [5.41, 5.74) is 0.119. The molecule has 1 aromatic rings. The predicted octanol–water partition coefficient (Wildman–Crippen LogP) is 1.49. The molecule has 0 saturated carbocycles. The van der Waals surface area contributed by atoms with E-state index in [-0.39, 0.29) is 18.3 Å². The van der Waals surface area contributed by atoms with Crippen LogP contribution < -0.4 is 10.0 Å². The minimum Gasteiger partial charge on any atom is -0.593 e. The van der Waals surface area contributed by atoms with E-state index in [1.54, 1.807) is 13.8 Å². The molecule has 0 bridgehead atoms. The third-order valence-corrected chi connectivity index (χ3v) is 3.90. The Morgan fingerprint density at radius 2 is 1.90 bits per heavy atom. The molecule has 1 aromatic carbocycles. The molecule has 0 spiro atoms. The van der Waals surface area contributed by atoms with Gasteiger partial charge in [-0.05, 0) is 19.4 Å². The van der Waals surface area contributed by atoms with Gasteiger partial charge in [0.25, 0.3) is 5.91 Å². The number of alkyl carbamates (subject to hydrolysis) is 1. The van der Waals surface area contributed by atoms with E-state index in [0.717, 1.165) is 5.56 Å². The molecule has 116 valence electrons. The fourth-order valence-electron chi connectivity index (χ4n) is 1.60. The van der Waals surface area contributed by atoms with Crippen molar-refractivity contribution in [2.45, 2.75) is 32.9 Å². The lowest BCUT2D eigenvalue weighted by Crippen LogP contribution is -2.51. The molecule has 0 aliphatic heterocycles. The zero-order chi connectivity index (χ0) is 15.9. The van der Waals surface area contributed by atoms with Crippen molar-refractivity contribution < 1.29 is 18.9 Å². The highest BCUT2D eigenvalue weighted by molar-refractivity contribution is 7.90. The topological polar surface area (TPSA) is 90.5 Å². The lowest BCUT2D eigenvalue weighted by molar-refractivity contribution is -0.117. The molecule has 0 radical (unpaired) electrons. The number of carbonyl (C=O) groups is 2. The van der Waals surface area contributed by atoms with Gasteiger partial charge in [-0.3, -0.25) is 4.79 Å². The Morgan fingerprint density at radius 3 is 2.48 bits per heavy atom. The van der Waals surface area contributed by atoms with Crippen molar-refractivity contribution in [1.82, 2.24) is 10.0 Å². The Kier molecular flexibility index (Phi) is 6.51. The van der Waals surface area contributed by atoms with Gasteiger partial charge in [0.05, 0.1) is 16.9 Å². The number of benzene rings is 1. The van der Waals surface area contributed by atoms with Crippen molar-refractivity contribution in [3.05, 3.63) is 35.9 Å². The first-order valence-electron chi connectivity index (χ1n) is 6.43. The van der Waals surface area contributed by atoms with Gasteiger partial charge in [-0.15, -0.1) is 0 Å². The lowest BCUT2D eigenvalue weighted by Gasteiger charge is -2.25. The maximum absolute atomic E-state index is 11.7. The summed E-state index contributed by atoms with van der Waals surface area (Å²) in [4.78, 5) is 22.5. The van der Waals surface area contributed by atoms with Crippen LogP contribution in [0.1, 0.15) is 26.3 Å². The van der Waals surface area contributed by atoms with Gasteiger partial charge in [-0.1, -0.05) is 30.3 Å². The predicted molar refractivity (Wildman–Crippen MR) is 80.7 cm³/mol. The number of amides is 2. The zero-order valence-corrected chi connectivity index (χ0v) is 13.2. The summed E-state index contributed by atoms with van der Waals surface area (Å²) >= 11 is -1.55. The maximum atomic E-state index is 11.7. The van der Waals surface area contributed by atoms with Gasteiger partial charge in [0.2, 0.25) is 0 Å². The van der Waals surface area contributed by atoms with Gasteiger partial charge in [0, 0.05) is 6.92 Å². The molecule has 21 heavy (non-hydrogen) atoms. The van der Waals surface area contributed by atoms with Gasteiger partial charge in [0.15, 0.2) is 5.75 Å². The lowest BCUT2D eigenvalue weighted by atomic mass is 10.1. The van der Waals surface area contributed by atoms with Crippen molar-refractivity contribution in [2.75, 3.05) is 5.75 Å². The van der Waals surface area contributed by atoms with E-state index in [9.17, 15) is 14.1 Å². The molecule has 0 aliphatic carbocycles. The standard InChI is InChI=1S/C14H20N2O4S/c1-11(17)16-21(19)10-14(2,3)15-13(18)20-9-12-7-5-4-6-8-12/h4-8H,9-10H2,1-3H3,(H,15,18)(H,16,17). The van der Waals surface area contributed by atoms with Gasteiger partial charge in [-0.2, -0.15) is 4.72 Å². The average Bonchev–Trinajstić information content (AvgIpc) is 2.35. The minimum absolute atomic E-state index is 0.0903. The fourth-order valence-corrected chi connectivity index (χ4v) is 2.72. The number of rotatable bonds is 6. The van der Waals surface area contributed by atoms with Crippen LogP contribution in [-0.2, 0) is 27.5 Å². The van der Waals surface area contributed by atoms with Crippen LogP contribution in [0.25, 0.3) is 0 Å². The highest BCUT2D eigenvalue weighted by Gasteiger charge is 2.28. The summed E-state index contributed by atoms with van der Waals surface area (Å²) < 4.78 is 19.0. The summed E-state index contributed by atoms with van der Waals surface area (Å²) in [6, 6.07) is 9.30. The second-order valence-corrected chi connectivity index (χ2v) is 6.40. The van der Waals surface area contributed by atoms with Gasteiger partial charge < -0.3 is 14.6 Å². The first-order valence-corrected chi connectivity index (χ1v) is 7.75. The second kappa shape index (κ2) is 7.90. The summed E-state index contributed by atoms with van der Waals surface area (Å²) in [6.07, 6.45) is -0.594. The SMILES string of the molecule is CC(=O)N[S+]([O-])CC(C)(C)NC(=O)OCc1ccccc1. The summed E-state index contributed by atoms with van der Waals surface area (Å²) in [5, 5.41) is 2.63. The van der Waals surface area contributed by atoms with E-state index in [0.29, 0.717) is 0 Å². The molecule has 1 unspecified atom stereocenters. The van der Waals surface area contributed by atoms with Crippen LogP contribution >= 0.6 is 0 Å². The van der Waals surface area contributed by atoms with Crippen molar-refractivity contribution in [3.8, 4) is 0 Å². The van der Waals surface area contributed by atoms with E-state index in [4.69, 9.17) is 4.74 Å². The van der Waals surface area contributed by atoms with Crippen LogP contribution in [0.3, 0.4) is 0 Å². The third kappa shape index (κ3) is 7.57. The largest absolute Gasteiger partial charge is 0.593 e. The Labute approximate surface area is 127 Å². The van der Waals surface area contributed by atoms with Crippen LogP contribution in [-0.4, -0.2) is 27.8 Å². The molecule has 2 amide bonds. The van der Waals surface area contributed by atoms with Crippen LogP contribution in [0.4, 0.5) is 4.79 Å². The molecule has 0 fully saturated rings. The Morgan fingerprint density at radius 1 is 1.29 bits per heavy atom. The number of ether oxygens (including phenoxy) is 1. The number of hydrogen-bond acceptors (Lipinski definition) is 4. The smallest absolute Gasteiger partial charge is 0.408 e. The fraction of sp³-hybridized carbons (Fsp3) is 0.429. The van der Waals surface area contributed by atoms with Crippen molar-refractivity contribution >= 4 is 23.4 Å². The maximum Gasteiger partial charge on any atom is 0.408 e. The Bertz CT molecular complexity index is 479. The first-order chi connectivity index (χ1) is 9.78. The average molecular weight is 312 g/mol. The molecule has 1 atom stereocenters. The van der Waals surface area contributed by atoms with E-state index < -0.39 is 23.0 Å². The number of carbonyl (C=O) groups excluding carboxylic acids is 2. The molecule has 0 saturated heterocycles. The summed E-state index contributed by atoms with van der Waals surface area (Å²) in [5.74, 6) is -0.289. The highest BCUT2D eigenvalue weighted by Crippen LogP contribution is 2.07. The minimum atomic E-state index is -1.55. The summed E-state index contributed by atoms with van der Waals surface area (Å²) in [6.45, 7) is 4.86. The molecule has 2 N–H and O–H groups in total. The van der Waals surface area contributed by atoms with Gasteiger partial charge in [0.1, 0.15) is 6.61 Å². The molecule has 0 aromatic heterocycles. The zero-order valence-electron chi connectivity index (χ0n) is 12.3. The van der Waals surface area contributed by atoms with Crippen molar-refractivity contribution in [3.63, 3.8) is 0 Å². The molecular formula is C14H20N2O4S. The first kappa shape index (κ1) is 17.3. The molecule has 0 aliphatic rings. The normalized spacial score (nSPS) is 12.4. The van der Waals surface area contributed by atoms with Gasteiger partial charge >= 0.3 is 6.09 Å². The van der Waals surface area contributed by atoms with Crippen LogP contribution in [0.15, 0.2) is 30.3 Å². The molecule has 1 rings (SSSR count). The van der Waals surface area contributed by atoms with Crippen LogP contribution in [0, 0.1) is 0 Å². The van der Waals surface area contributed by atoms with Crippen LogP contribution in [0.2, 0.25) is 0 Å². The summed E-state index contributed by atoms with van der Waals surface area (Å²) in [7, 11) is 0. The molecule has 7 heteroatoms. The van der Waals surface area contributed by atoms with E-state index in [1.807, 2.05) is 30.3 Å². The van der Waals surface area contributed by atoms with Gasteiger partial charge in [-0.25, -0.2) is 4.79 Å².